The van der Waals surface area contributed by atoms with Crippen molar-refractivity contribution in [3.63, 3.8) is 0 Å². The predicted octanol–water partition coefficient (Wildman–Crippen LogP) is 1.49. The zero-order chi connectivity index (χ0) is 16.0. The van der Waals surface area contributed by atoms with E-state index in [1.165, 1.54) is 11.8 Å². The van der Waals surface area contributed by atoms with Crippen molar-refractivity contribution in [2.24, 2.45) is 4.99 Å². The molecular formula is C16H25N3O2S. The van der Waals surface area contributed by atoms with Crippen LogP contribution in [0.3, 0.4) is 0 Å². The van der Waals surface area contributed by atoms with Gasteiger partial charge in [0.15, 0.2) is 5.96 Å². The molecule has 1 N–H and O–H groups in total. The monoisotopic (exact) mass is 323 g/mol. The summed E-state index contributed by atoms with van der Waals surface area (Å²) in [7, 11) is -1.11. The first-order valence-corrected chi connectivity index (χ1v) is 9.74. The quantitative estimate of drug-likeness (QED) is 0.507. The van der Waals surface area contributed by atoms with Crippen molar-refractivity contribution < 1.29 is 8.42 Å². The van der Waals surface area contributed by atoms with Gasteiger partial charge in [0.2, 0.25) is 0 Å². The minimum Gasteiger partial charge on any atom is -0.356 e. The van der Waals surface area contributed by atoms with Gasteiger partial charge in [-0.15, -0.1) is 0 Å². The maximum atomic E-state index is 11.1. The summed E-state index contributed by atoms with van der Waals surface area (Å²) in [4.78, 5) is 6.56. The van der Waals surface area contributed by atoms with Gasteiger partial charge in [0.25, 0.3) is 0 Å². The summed E-state index contributed by atoms with van der Waals surface area (Å²) in [5.41, 5.74) is 1.37. The van der Waals surface area contributed by atoms with Crippen LogP contribution in [0.25, 0.3) is 0 Å². The molecule has 1 heterocycles. The Morgan fingerprint density at radius 1 is 1.36 bits per heavy atom. The Hall–Kier alpha value is -1.56. The molecule has 22 heavy (non-hydrogen) atoms. The second kappa shape index (κ2) is 7.63. The third-order valence-electron chi connectivity index (χ3n) is 3.95. The van der Waals surface area contributed by atoms with Gasteiger partial charge >= 0.3 is 0 Å². The second-order valence-electron chi connectivity index (χ2n) is 5.80. The van der Waals surface area contributed by atoms with Gasteiger partial charge in [0.05, 0.1) is 5.75 Å². The molecule has 1 unspecified atom stereocenters. The van der Waals surface area contributed by atoms with E-state index in [0.29, 0.717) is 18.9 Å². The second-order valence-corrected chi connectivity index (χ2v) is 8.06. The van der Waals surface area contributed by atoms with Gasteiger partial charge in [-0.1, -0.05) is 30.3 Å². The standard InChI is InChI=1S/C16H25N3O2S/c1-17-16(18-10-6-12-22(2,20)21)19-11-9-15(13-19)14-7-4-3-5-8-14/h3-5,7-8,15H,6,9-13H2,1-2H3,(H,17,18). The Kier molecular flexibility index (Phi) is 5.83. The molecule has 1 aromatic rings. The van der Waals surface area contributed by atoms with E-state index < -0.39 is 9.84 Å². The smallest absolute Gasteiger partial charge is 0.193 e. The zero-order valence-corrected chi connectivity index (χ0v) is 14.1. The summed E-state index contributed by atoms with van der Waals surface area (Å²) in [6, 6.07) is 10.6. The van der Waals surface area contributed by atoms with Gasteiger partial charge in [-0.05, 0) is 18.4 Å². The third-order valence-corrected chi connectivity index (χ3v) is 4.98. The number of hydrogen-bond donors (Lipinski definition) is 1. The first-order chi connectivity index (χ1) is 10.5. The van der Waals surface area contributed by atoms with Crippen LogP contribution in [0, 0.1) is 0 Å². The molecule has 1 saturated heterocycles. The molecule has 0 aliphatic carbocycles. The van der Waals surface area contributed by atoms with Crippen LogP contribution < -0.4 is 5.32 Å². The van der Waals surface area contributed by atoms with Crippen molar-refractivity contribution >= 4 is 15.8 Å². The predicted molar refractivity (Wildman–Crippen MR) is 91.1 cm³/mol. The number of hydrogen-bond acceptors (Lipinski definition) is 3. The molecule has 1 aromatic carbocycles. The van der Waals surface area contributed by atoms with E-state index in [9.17, 15) is 8.42 Å². The van der Waals surface area contributed by atoms with Crippen molar-refractivity contribution in [1.82, 2.24) is 10.2 Å². The van der Waals surface area contributed by atoms with Crippen LogP contribution in [0.4, 0.5) is 0 Å². The number of aliphatic imine (C=N–C) groups is 1. The Labute approximate surface area is 133 Å². The molecule has 1 fully saturated rings. The van der Waals surface area contributed by atoms with Crippen molar-refractivity contribution in [2.45, 2.75) is 18.8 Å². The molecule has 0 saturated carbocycles. The minimum absolute atomic E-state index is 0.212. The van der Waals surface area contributed by atoms with Crippen LogP contribution in [0.5, 0.6) is 0 Å². The van der Waals surface area contributed by atoms with Crippen LogP contribution >= 0.6 is 0 Å². The Balaban J connectivity index is 1.83. The fourth-order valence-corrected chi connectivity index (χ4v) is 3.49. The molecule has 1 aliphatic heterocycles. The summed E-state index contributed by atoms with van der Waals surface area (Å²) in [5.74, 6) is 1.62. The number of guanidine groups is 1. The van der Waals surface area contributed by atoms with Crippen molar-refractivity contribution in [3.05, 3.63) is 35.9 Å². The van der Waals surface area contributed by atoms with E-state index in [0.717, 1.165) is 25.5 Å². The molecule has 122 valence electrons. The molecule has 0 amide bonds. The van der Waals surface area contributed by atoms with E-state index in [4.69, 9.17) is 0 Å². The normalized spacial score (nSPS) is 19.5. The summed E-state index contributed by atoms with van der Waals surface area (Å²) in [6.07, 6.45) is 2.99. The highest BCUT2D eigenvalue weighted by Crippen LogP contribution is 2.26. The molecule has 0 bridgehead atoms. The number of sulfone groups is 1. The summed E-state index contributed by atoms with van der Waals surface area (Å²) < 4.78 is 22.3. The van der Waals surface area contributed by atoms with Crippen molar-refractivity contribution in [2.75, 3.05) is 38.7 Å². The minimum atomic E-state index is -2.89. The molecule has 6 heteroatoms. The van der Waals surface area contributed by atoms with Crippen LogP contribution in [0.15, 0.2) is 35.3 Å². The lowest BCUT2D eigenvalue weighted by Gasteiger charge is -2.21. The van der Waals surface area contributed by atoms with E-state index >= 15 is 0 Å². The molecule has 5 nitrogen and oxygen atoms in total. The van der Waals surface area contributed by atoms with E-state index in [1.54, 1.807) is 7.05 Å². The highest BCUT2D eigenvalue weighted by Gasteiger charge is 2.25. The Morgan fingerprint density at radius 2 is 2.09 bits per heavy atom. The Bertz CT molecular complexity index is 599. The lowest BCUT2D eigenvalue weighted by Crippen LogP contribution is -2.40. The maximum absolute atomic E-state index is 11.1. The van der Waals surface area contributed by atoms with Gasteiger partial charge in [0.1, 0.15) is 9.84 Å². The number of nitrogens with one attached hydrogen (secondary N) is 1. The Morgan fingerprint density at radius 3 is 2.73 bits per heavy atom. The first kappa shape index (κ1) is 16.8. The topological polar surface area (TPSA) is 61.8 Å². The van der Waals surface area contributed by atoms with Gasteiger partial charge in [-0.3, -0.25) is 4.99 Å². The molecule has 1 atom stereocenters. The van der Waals surface area contributed by atoms with Gasteiger partial charge in [0, 0.05) is 38.9 Å². The molecule has 0 aromatic heterocycles. The van der Waals surface area contributed by atoms with Crippen molar-refractivity contribution in [3.8, 4) is 0 Å². The average molecular weight is 323 g/mol. The summed E-state index contributed by atoms with van der Waals surface area (Å²) >= 11 is 0. The number of likely N-dealkylation sites (tertiary alicyclic amines) is 1. The molecule has 0 spiro atoms. The van der Waals surface area contributed by atoms with Gasteiger partial charge < -0.3 is 10.2 Å². The molecule has 2 rings (SSSR count). The molecule has 1 aliphatic rings. The van der Waals surface area contributed by atoms with Crippen molar-refractivity contribution in [1.29, 1.82) is 0 Å². The average Bonchev–Trinajstić information content (AvgIpc) is 2.97. The van der Waals surface area contributed by atoms with Crippen LogP contribution in [0.2, 0.25) is 0 Å². The molecule has 0 radical (unpaired) electrons. The third kappa shape index (κ3) is 5.02. The summed E-state index contributed by atoms with van der Waals surface area (Å²) in [5, 5.41) is 3.27. The number of nitrogens with zero attached hydrogens (tertiary/aromatic N) is 2. The fourth-order valence-electron chi connectivity index (χ4n) is 2.82. The van der Waals surface area contributed by atoms with E-state index in [2.05, 4.69) is 39.5 Å². The van der Waals surface area contributed by atoms with Gasteiger partial charge in [-0.25, -0.2) is 8.42 Å². The van der Waals surface area contributed by atoms with Crippen LogP contribution in [-0.4, -0.2) is 58.0 Å². The SMILES string of the molecule is CN=C(NCCCS(C)(=O)=O)N1CCC(c2ccccc2)C1. The van der Waals surface area contributed by atoms with E-state index in [-0.39, 0.29) is 5.75 Å². The van der Waals surface area contributed by atoms with Gasteiger partial charge in [-0.2, -0.15) is 0 Å². The lowest BCUT2D eigenvalue weighted by molar-refractivity contribution is 0.486. The maximum Gasteiger partial charge on any atom is 0.193 e. The lowest BCUT2D eigenvalue weighted by atomic mass is 9.99. The van der Waals surface area contributed by atoms with Crippen LogP contribution in [0.1, 0.15) is 24.3 Å². The van der Waals surface area contributed by atoms with E-state index in [1.807, 2.05) is 6.07 Å². The first-order valence-electron chi connectivity index (χ1n) is 7.68. The number of benzene rings is 1. The largest absolute Gasteiger partial charge is 0.356 e. The number of rotatable bonds is 5. The van der Waals surface area contributed by atoms with Crippen LogP contribution in [-0.2, 0) is 9.84 Å². The summed E-state index contributed by atoms with van der Waals surface area (Å²) in [6.45, 7) is 2.56. The molecular weight excluding hydrogens is 298 g/mol. The fraction of sp³-hybridized carbons (Fsp3) is 0.562. The highest BCUT2D eigenvalue weighted by atomic mass is 32.2. The highest BCUT2D eigenvalue weighted by molar-refractivity contribution is 7.90. The zero-order valence-electron chi connectivity index (χ0n) is 13.3.